The highest BCUT2D eigenvalue weighted by atomic mass is 16.1. The van der Waals surface area contributed by atoms with Crippen molar-refractivity contribution in [1.29, 1.82) is 0 Å². The Balaban J connectivity index is 1.63. The van der Waals surface area contributed by atoms with Gasteiger partial charge >= 0.3 is 0 Å². The molecule has 1 aliphatic rings. The first-order chi connectivity index (χ1) is 10.6. The van der Waals surface area contributed by atoms with Crippen LogP contribution in [0.4, 0.5) is 11.5 Å². The summed E-state index contributed by atoms with van der Waals surface area (Å²) in [4.78, 5) is 20.8. The van der Waals surface area contributed by atoms with Gasteiger partial charge in [0.15, 0.2) is 5.82 Å². The van der Waals surface area contributed by atoms with Crippen LogP contribution in [0, 0.1) is 0 Å². The molecule has 0 atom stereocenters. The van der Waals surface area contributed by atoms with Gasteiger partial charge < -0.3 is 15.2 Å². The summed E-state index contributed by atoms with van der Waals surface area (Å²) >= 11 is 0. The number of piperazine rings is 1. The summed E-state index contributed by atoms with van der Waals surface area (Å²) in [7, 11) is 1.75. The molecule has 2 heterocycles. The summed E-state index contributed by atoms with van der Waals surface area (Å²) in [6.07, 6.45) is 3.36. The minimum Gasteiger partial charge on any atom is -0.399 e. The third kappa shape index (κ3) is 3.12. The van der Waals surface area contributed by atoms with Gasteiger partial charge in [0.05, 0.1) is 0 Å². The van der Waals surface area contributed by atoms with Gasteiger partial charge in [-0.05, 0) is 17.7 Å². The fourth-order valence-electron chi connectivity index (χ4n) is 2.77. The number of nitrogens with zero attached hydrogens (tertiary/aromatic N) is 4. The highest BCUT2D eigenvalue weighted by Crippen LogP contribution is 2.13. The van der Waals surface area contributed by atoms with Crippen molar-refractivity contribution in [2.24, 2.45) is 7.05 Å². The number of aryl methyl sites for hydroxylation is 1. The predicted octanol–water partition coefficient (Wildman–Crippen LogP) is 0.685. The van der Waals surface area contributed by atoms with Crippen molar-refractivity contribution in [3.05, 3.63) is 52.6 Å². The Morgan fingerprint density at radius 3 is 2.73 bits per heavy atom. The van der Waals surface area contributed by atoms with E-state index in [1.165, 1.54) is 5.56 Å². The number of nitrogens with two attached hydrogens (primary N) is 1. The maximum absolute atomic E-state index is 12.1. The lowest BCUT2D eigenvalue weighted by Gasteiger charge is -2.35. The molecule has 2 aromatic rings. The summed E-state index contributed by atoms with van der Waals surface area (Å²) in [6, 6.07) is 7.99. The van der Waals surface area contributed by atoms with Crippen molar-refractivity contribution in [3.8, 4) is 0 Å². The minimum absolute atomic E-state index is 0.0354. The maximum atomic E-state index is 12.1. The zero-order valence-corrected chi connectivity index (χ0v) is 12.8. The fraction of sp³-hybridized carbons (Fsp3) is 0.375. The minimum atomic E-state index is -0.0354. The van der Waals surface area contributed by atoms with Crippen LogP contribution in [0.25, 0.3) is 0 Å². The topological polar surface area (TPSA) is 67.4 Å². The number of nitrogen functional groups attached to an aromatic ring is 1. The van der Waals surface area contributed by atoms with Crippen molar-refractivity contribution >= 4 is 11.5 Å². The van der Waals surface area contributed by atoms with Crippen LogP contribution in [0.2, 0.25) is 0 Å². The van der Waals surface area contributed by atoms with Gasteiger partial charge in [0.1, 0.15) is 0 Å². The number of aromatic nitrogens is 2. The fourth-order valence-corrected chi connectivity index (χ4v) is 2.77. The normalized spacial score (nSPS) is 16.0. The third-order valence-corrected chi connectivity index (χ3v) is 4.03. The molecule has 1 aromatic heterocycles. The Labute approximate surface area is 129 Å². The monoisotopic (exact) mass is 299 g/mol. The first-order valence-corrected chi connectivity index (χ1v) is 7.47. The first kappa shape index (κ1) is 14.6. The van der Waals surface area contributed by atoms with Gasteiger partial charge in [-0.3, -0.25) is 9.69 Å². The quantitative estimate of drug-likeness (QED) is 0.844. The van der Waals surface area contributed by atoms with E-state index in [1.807, 2.05) is 18.2 Å². The molecule has 0 aliphatic carbocycles. The Bertz CT molecular complexity index is 704. The highest BCUT2D eigenvalue weighted by Gasteiger charge is 2.20. The SMILES string of the molecule is Cn1ccnc(N2CCN(Cc3cccc(N)c3)CC2)c1=O. The Kier molecular flexibility index (Phi) is 4.11. The average Bonchev–Trinajstić information content (AvgIpc) is 2.51. The second-order valence-electron chi connectivity index (χ2n) is 5.68. The summed E-state index contributed by atoms with van der Waals surface area (Å²) in [5, 5.41) is 0. The Morgan fingerprint density at radius 1 is 1.23 bits per heavy atom. The van der Waals surface area contributed by atoms with Gasteiger partial charge in [0.2, 0.25) is 0 Å². The van der Waals surface area contributed by atoms with E-state index in [0.717, 1.165) is 38.4 Å². The van der Waals surface area contributed by atoms with Crippen LogP contribution < -0.4 is 16.2 Å². The molecule has 1 aliphatic heterocycles. The van der Waals surface area contributed by atoms with Gasteiger partial charge in [-0.15, -0.1) is 0 Å². The van der Waals surface area contributed by atoms with Gasteiger partial charge in [-0.1, -0.05) is 12.1 Å². The van der Waals surface area contributed by atoms with Crippen LogP contribution in [-0.4, -0.2) is 40.6 Å². The van der Waals surface area contributed by atoms with Gasteiger partial charge in [0.25, 0.3) is 5.56 Å². The van der Waals surface area contributed by atoms with Crippen LogP contribution in [0.5, 0.6) is 0 Å². The Hall–Kier alpha value is -2.34. The molecule has 6 heteroatoms. The third-order valence-electron chi connectivity index (χ3n) is 4.03. The first-order valence-electron chi connectivity index (χ1n) is 7.47. The molecule has 1 aromatic carbocycles. The molecule has 0 radical (unpaired) electrons. The lowest BCUT2D eigenvalue weighted by atomic mass is 10.2. The van der Waals surface area contributed by atoms with Crippen LogP contribution in [-0.2, 0) is 13.6 Å². The van der Waals surface area contributed by atoms with Gasteiger partial charge in [0, 0.05) is 57.9 Å². The molecule has 0 amide bonds. The smallest absolute Gasteiger partial charge is 0.293 e. The summed E-state index contributed by atoms with van der Waals surface area (Å²) in [5.74, 6) is 0.550. The largest absolute Gasteiger partial charge is 0.399 e. The molecular formula is C16H21N5O. The molecule has 0 saturated carbocycles. The van der Waals surface area contributed by atoms with Crippen LogP contribution in [0.1, 0.15) is 5.56 Å². The van der Waals surface area contributed by atoms with E-state index in [-0.39, 0.29) is 5.56 Å². The van der Waals surface area contributed by atoms with Crippen molar-refractivity contribution < 1.29 is 0 Å². The van der Waals surface area contributed by atoms with Crippen LogP contribution in [0.15, 0.2) is 41.5 Å². The van der Waals surface area contributed by atoms with E-state index in [1.54, 1.807) is 24.0 Å². The number of hydrogen-bond donors (Lipinski definition) is 1. The van der Waals surface area contributed by atoms with Crippen molar-refractivity contribution in [1.82, 2.24) is 14.5 Å². The summed E-state index contributed by atoms with van der Waals surface area (Å²) in [5.41, 5.74) is 7.81. The summed E-state index contributed by atoms with van der Waals surface area (Å²) < 4.78 is 1.57. The van der Waals surface area contributed by atoms with E-state index < -0.39 is 0 Å². The molecule has 6 nitrogen and oxygen atoms in total. The number of hydrogen-bond acceptors (Lipinski definition) is 5. The molecule has 2 N–H and O–H groups in total. The molecule has 1 fully saturated rings. The second-order valence-corrected chi connectivity index (χ2v) is 5.68. The molecular weight excluding hydrogens is 278 g/mol. The molecule has 116 valence electrons. The second kappa shape index (κ2) is 6.19. The average molecular weight is 299 g/mol. The van der Waals surface area contributed by atoms with Crippen molar-refractivity contribution in [2.75, 3.05) is 36.8 Å². The van der Waals surface area contributed by atoms with Gasteiger partial charge in [-0.25, -0.2) is 4.98 Å². The molecule has 0 bridgehead atoms. The number of anilines is 2. The van der Waals surface area contributed by atoms with E-state index in [9.17, 15) is 4.79 Å². The van der Waals surface area contributed by atoms with Crippen LogP contribution >= 0.6 is 0 Å². The van der Waals surface area contributed by atoms with Gasteiger partial charge in [-0.2, -0.15) is 0 Å². The highest BCUT2D eigenvalue weighted by molar-refractivity contribution is 5.40. The van der Waals surface area contributed by atoms with E-state index in [4.69, 9.17) is 5.73 Å². The van der Waals surface area contributed by atoms with Crippen molar-refractivity contribution in [2.45, 2.75) is 6.54 Å². The van der Waals surface area contributed by atoms with E-state index in [2.05, 4.69) is 20.9 Å². The van der Waals surface area contributed by atoms with Crippen LogP contribution in [0.3, 0.4) is 0 Å². The lowest BCUT2D eigenvalue weighted by Crippen LogP contribution is -2.48. The Morgan fingerprint density at radius 2 is 2.00 bits per heavy atom. The molecule has 1 saturated heterocycles. The number of benzene rings is 1. The predicted molar refractivity (Wildman–Crippen MR) is 87.8 cm³/mol. The maximum Gasteiger partial charge on any atom is 0.293 e. The number of rotatable bonds is 3. The van der Waals surface area contributed by atoms with Crippen molar-refractivity contribution in [3.63, 3.8) is 0 Å². The molecule has 0 spiro atoms. The molecule has 22 heavy (non-hydrogen) atoms. The summed E-state index contributed by atoms with van der Waals surface area (Å²) in [6.45, 7) is 4.34. The zero-order chi connectivity index (χ0) is 15.5. The standard InChI is InChI=1S/C16H21N5O/c1-19-6-5-18-15(16(19)22)21-9-7-20(8-10-21)12-13-3-2-4-14(17)11-13/h2-6,11H,7-10,12,17H2,1H3. The lowest BCUT2D eigenvalue weighted by molar-refractivity contribution is 0.249. The molecule has 0 unspecified atom stereocenters. The zero-order valence-electron chi connectivity index (χ0n) is 12.8. The van der Waals surface area contributed by atoms with E-state index >= 15 is 0 Å². The molecule has 3 rings (SSSR count). The van der Waals surface area contributed by atoms with E-state index in [0.29, 0.717) is 5.82 Å².